The first kappa shape index (κ1) is 14.9. The van der Waals surface area contributed by atoms with E-state index in [9.17, 15) is 4.79 Å². The maximum Gasteiger partial charge on any atom is 0.225 e. The van der Waals surface area contributed by atoms with Crippen LogP contribution in [-0.4, -0.2) is 15.9 Å². The third-order valence-corrected chi connectivity index (χ3v) is 4.85. The number of nitrogens with zero attached hydrogens (tertiary/aromatic N) is 2. The highest BCUT2D eigenvalue weighted by molar-refractivity contribution is 7.15. The van der Waals surface area contributed by atoms with Gasteiger partial charge in [0.25, 0.3) is 0 Å². The van der Waals surface area contributed by atoms with Gasteiger partial charge in [0.2, 0.25) is 5.91 Å². The number of hydrogen-bond donors (Lipinski definition) is 2. The molecule has 0 fully saturated rings. The number of amides is 1. The van der Waals surface area contributed by atoms with Gasteiger partial charge in [-0.2, -0.15) is 0 Å². The normalized spacial score (nSPS) is 12.4. The van der Waals surface area contributed by atoms with Crippen molar-refractivity contribution in [2.45, 2.75) is 40.2 Å². The molecule has 0 bridgehead atoms. The summed E-state index contributed by atoms with van der Waals surface area (Å²) in [5.41, 5.74) is 7.41. The lowest BCUT2D eigenvalue weighted by molar-refractivity contribution is -0.121. The topological polar surface area (TPSA) is 80.9 Å². The number of nitrogens with two attached hydrogens (primary N) is 1. The third kappa shape index (κ3) is 3.34. The zero-order chi connectivity index (χ0) is 14.9. The van der Waals surface area contributed by atoms with Gasteiger partial charge in [0.15, 0.2) is 5.13 Å². The maximum absolute atomic E-state index is 12.1. The summed E-state index contributed by atoms with van der Waals surface area (Å²) in [6.07, 6.45) is 0.313. The van der Waals surface area contributed by atoms with Crippen molar-refractivity contribution >= 4 is 33.7 Å². The molecule has 1 amide bonds. The lowest BCUT2D eigenvalue weighted by Gasteiger charge is -2.12. The molecule has 0 unspecified atom stereocenters. The molecular formula is C13H18N4OS2. The minimum Gasteiger partial charge on any atom is -0.375 e. The minimum atomic E-state index is -0.0852. The van der Waals surface area contributed by atoms with Crippen LogP contribution in [0.3, 0.4) is 0 Å². The van der Waals surface area contributed by atoms with Crippen molar-refractivity contribution in [2.24, 2.45) is 0 Å². The molecule has 0 radical (unpaired) electrons. The second-order valence-corrected chi connectivity index (χ2v) is 7.22. The number of nitrogens with one attached hydrogen (secondary N) is 1. The number of hydrogen-bond acceptors (Lipinski definition) is 6. The molecule has 108 valence electrons. The van der Waals surface area contributed by atoms with Crippen molar-refractivity contribution in [1.29, 1.82) is 0 Å². The van der Waals surface area contributed by atoms with Crippen LogP contribution in [0.2, 0.25) is 0 Å². The lowest BCUT2D eigenvalue weighted by atomic mass is 10.2. The number of aryl methyl sites for hydroxylation is 3. The number of aromatic nitrogens is 2. The van der Waals surface area contributed by atoms with Crippen LogP contribution in [0.5, 0.6) is 0 Å². The Labute approximate surface area is 126 Å². The molecule has 2 aromatic rings. The van der Waals surface area contributed by atoms with E-state index in [1.54, 1.807) is 11.3 Å². The third-order valence-electron chi connectivity index (χ3n) is 2.96. The van der Waals surface area contributed by atoms with E-state index in [0.717, 1.165) is 26.1 Å². The zero-order valence-corrected chi connectivity index (χ0v) is 13.6. The Bertz CT molecular complexity index is 632. The van der Waals surface area contributed by atoms with Crippen molar-refractivity contribution in [1.82, 2.24) is 15.3 Å². The summed E-state index contributed by atoms with van der Waals surface area (Å²) < 4.78 is 0. The minimum absolute atomic E-state index is 0.0331. The molecule has 0 aromatic carbocycles. The molecule has 3 N–H and O–H groups in total. The molecule has 7 heteroatoms. The molecule has 0 saturated heterocycles. The average molecular weight is 310 g/mol. The van der Waals surface area contributed by atoms with Gasteiger partial charge in [-0.3, -0.25) is 4.79 Å². The second kappa shape index (κ2) is 5.88. The first-order valence-electron chi connectivity index (χ1n) is 6.32. The Kier molecular flexibility index (Phi) is 4.39. The van der Waals surface area contributed by atoms with Crippen LogP contribution in [0.1, 0.15) is 39.1 Å². The van der Waals surface area contributed by atoms with E-state index < -0.39 is 0 Å². The highest BCUT2D eigenvalue weighted by atomic mass is 32.1. The summed E-state index contributed by atoms with van der Waals surface area (Å²) in [4.78, 5) is 22.7. The molecule has 0 aliphatic carbocycles. The van der Waals surface area contributed by atoms with E-state index in [1.165, 1.54) is 11.3 Å². The molecular weight excluding hydrogens is 292 g/mol. The van der Waals surface area contributed by atoms with Gasteiger partial charge in [-0.15, -0.1) is 22.7 Å². The van der Waals surface area contributed by atoms with Crippen LogP contribution in [0, 0.1) is 20.8 Å². The average Bonchev–Trinajstić information content (AvgIpc) is 2.81. The summed E-state index contributed by atoms with van der Waals surface area (Å²) in [6.45, 7) is 7.82. The largest absolute Gasteiger partial charge is 0.375 e. The van der Waals surface area contributed by atoms with E-state index in [1.807, 2.05) is 27.7 Å². The number of thiazole rings is 2. The van der Waals surface area contributed by atoms with Gasteiger partial charge in [0.1, 0.15) is 0 Å². The summed E-state index contributed by atoms with van der Waals surface area (Å²) >= 11 is 3.01. The van der Waals surface area contributed by atoms with Crippen molar-refractivity contribution < 1.29 is 4.79 Å². The van der Waals surface area contributed by atoms with Crippen LogP contribution < -0.4 is 11.1 Å². The number of carbonyl (C=O) groups is 1. The Morgan fingerprint density at radius 1 is 1.30 bits per heavy atom. The Balaban J connectivity index is 2.01. The van der Waals surface area contributed by atoms with Crippen molar-refractivity contribution in [3.05, 3.63) is 26.1 Å². The van der Waals surface area contributed by atoms with Crippen molar-refractivity contribution in [3.8, 4) is 0 Å². The zero-order valence-electron chi connectivity index (χ0n) is 12.0. The van der Waals surface area contributed by atoms with Gasteiger partial charge in [-0.25, -0.2) is 9.97 Å². The second-order valence-electron chi connectivity index (χ2n) is 4.70. The maximum atomic E-state index is 12.1. The lowest BCUT2D eigenvalue weighted by Crippen LogP contribution is -2.28. The van der Waals surface area contributed by atoms with E-state index in [0.29, 0.717) is 11.6 Å². The molecule has 2 heterocycles. The molecule has 0 aliphatic heterocycles. The van der Waals surface area contributed by atoms with Crippen LogP contribution in [0.15, 0.2) is 0 Å². The SMILES string of the molecule is Cc1nc([C@@H](C)NC(=O)Cc2sc(N)nc2C)c(C)s1. The first-order chi connectivity index (χ1) is 9.36. The van der Waals surface area contributed by atoms with Crippen LogP contribution in [-0.2, 0) is 11.2 Å². The quantitative estimate of drug-likeness (QED) is 0.909. The van der Waals surface area contributed by atoms with E-state index in [-0.39, 0.29) is 11.9 Å². The summed E-state index contributed by atoms with van der Waals surface area (Å²) in [6, 6.07) is -0.0852. The highest BCUT2D eigenvalue weighted by Crippen LogP contribution is 2.23. The van der Waals surface area contributed by atoms with Crippen LogP contribution in [0.25, 0.3) is 0 Å². The fourth-order valence-electron chi connectivity index (χ4n) is 2.07. The molecule has 2 aromatic heterocycles. The Morgan fingerprint density at radius 2 is 2.00 bits per heavy atom. The van der Waals surface area contributed by atoms with Crippen molar-refractivity contribution in [2.75, 3.05) is 5.73 Å². The molecule has 1 atom stereocenters. The summed E-state index contributed by atoms with van der Waals surface area (Å²) in [5, 5.41) is 4.50. The molecule has 0 aliphatic rings. The fraction of sp³-hybridized carbons (Fsp3) is 0.462. The predicted octanol–water partition coefficient (Wildman–Crippen LogP) is 2.53. The molecule has 5 nitrogen and oxygen atoms in total. The van der Waals surface area contributed by atoms with Crippen LogP contribution >= 0.6 is 22.7 Å². The first-order valence-corrected chi connectivity index (χ1v) is 7.95. The monoisotopic (exact) mass is 310 g/mol. The summed E-state index contributed by atoms with van der Waals surface area (Å²) in [7, 11) is 0. The molecule has 0 saturated carbocycles. The fourth-order valence-corrected chi connectivity index (χ4v) is 3.81. The van der Waals surface area contributed by atoms with Gasteiger partial charge in [-0.1, -0.05) is 0 Å². The summed E-state index contributed by atoms with van der Waals surface area (Å²) in [5.74, 6) is -0.0331. The number of anilines is 1. The van der Waals surface area contributed by atoms with Gasteiger partial charge in [0, 0.05) is 9.75 Å². The highest BCUT2D eigenvalue weighted by Gasteiger charge is 2.17. The van der Waals surface area contributed by atoms with Crippen molar-refractivity contribution in [3.63, 3.8) is 0 Å². The molecule has 0 spiro atoms. The number of nitrogen functional groups attached to an aromatic ring is 1. The van der Waals surface area contributed by atoms with Gasteiger partial charge < -0.3 is 11.1 Å². The predicted molar refractivity (Wildman–Crippen MR) is 83.1 cm³/mol. The van der Waals surface area contributed by atoms with E-state index >= 15 is 0 Å². The van der Waals surface area contributed by atoms with E-state index in [2.05, 4.69) is 15.3 Å². The Morgan fingerprint density at radius 3 is 2.50 bits per heavy atom. The van der Waals surface area contributed by atoms with Gasteiger partial charge in [-0.05, 0) is 27.7 Å². The van der Waals surface area contributed by atoms with Crippen LogP contribution in [0.4, 0.5) is 5.13 Å². The molecule has 20 heavy (non-hydrogen) atoms. The van der Waals surface area contributed by atoms with E-state index in [4.69, 9.17) is 5.73 Å². The Hall–Kier alpha value is -1.47. The van der Waals surface area contributed by atoms with Gasteiger partial charge in [0.05, 0.1) is 28.9 Å². The smallest absolute Gasteiger partial charge is 0.225 e. The number of rotatable bonds is 4. The molecule has 2 rings (SSSR count). The standard InChI is InChI=1S/C13H18N4OS2/c1-6-10(20-13(14)16-6)5-11(18)15-7(2)12-8(3)19-9(4)17-12/h7H,5H2,1-4H3,(H2,14,16)(H,15,18)/t7-/m1/s1. The number of carbonyl (C=O) groups excluding carboxylic acids is 1. The van der Waals surface area contributed by atoms with Gasteiger partial charge >= 0.3 is 0 Å².